The summed E-state index contributed by atoms with van der Waals surface area (Å²) in [5.41, 5.74) is 0.735. The van der Waals surface area contributed by atoms with Crippen LogP contribution >= 0.6 is 0 Å². The van der Waals surface area contributed by atoms with E-state index < -0.39 is 9.04 Å². The van der Waals surface area contributed by atoms with Crippen molar-refractivity contribution < 1.29 is 4.43 Å². The Morgan fingerprint density at radius 1 is 1.50 bits per heavy atom. The molecule has 1 rings (SSSR count). The van der Waals surface area contributed by atoms with Crippen molar-refractivity contribution >= 4 is 9.04 Å². The number of hydrogen-bond acceptors (Lipinski definition) is 2. The van der Waals surface area contributed by atoms with Gasteiger partial charge in [0.2, 0.25) is 0 Å². The highest BCUT2D eigenvalue weighted by molar-refractivity contribution is 6.52. The lowest BCUT2D eigenvalue weighted by Crippen LogP contribution is -2.45. The van der Waals surface area contributed by atoms with Crippen LogP contribution in [-0.2, 0) is 4.43 Å². The zero-order chi connectivity index (χ0) is 7.40. The first kappa shape index (κ1) is 8.24. The first-order valence-electron chi connectivity index (χ1n) is 4.11. The summed E-state index contributed by atoms with van der Waals surface area (Å²) in [5, 5.41) is 3.51. The first-order valence-corrected chi connectivity index (χ1v) is 6.40. The summed E-state index contributed by atoms with van der Waals surface area (Å²) in [6, 6.07) is 0. The fourth-order valence-electron chi connectivity index (χ4n) is 1.44. The molecule has 0 saturated carbocycles. The summed E-state index contributed by atoms with van der Waals surface area (Å²) >= 11 is 0. The molecule has 10 heavy (non-hydrogen) atoms. The van der Waals surface area contributed by atoms with Crippen molar-refractivity contribution in [3.63, 3.8) is 0 Å². The molecule has 1 aliphatic heterocycles. The van der Waals surface area contributed by atoms with Gasteiger partial charge in [0.15, 0.2) is 9.04 Å². The van der Waals surface area contributed by atoms with Crippen molar-refractivity contribution in [2.75, 3.05) is 13.7 Å². The molecule has 60 valence electrons. The molecule has 0 aromatic rings. The normalized spacial score (nSPS) is 30.0. The molecule has 0 amide bonds. The molecule has 1 saturated heterocycles. The third-order valence-electron chi connectivity index (χ3n) is 2.29. The van der Waals surface area contributed by atoms with Gasteiger partial charge >= 0.3 is 0 Å². The molecule has 0 bridgehead atoms. The number of nitrogens with one attached hydrogen (secondary N) is 1. The standard InChI is InChI=1S/C7H17NOSi/c1-9-10(2)7-5-3-4-6-8-7/h7-8,10H,3-6H2,1-2H3. The molecule has 0 aromatic heterocycles. The third kappa shape index (κ3) is 2.07. The van der Waals surface area contributed by atoms with Crippen LogP contribution in [0.2, 0.25) is 6.55 Å². The van der Waals surface area contributed by atoms with Crippen LogP contribution in [0, 0.1) is 0 Å². The fourth-order valence-corrected chi connectivity index (χ4v) is 2.98. The topological polar surface area (TPSA) is 21.3 Å². The van der Waals surface area contributed by atoms with E-state index in [0.29, 0.717) is 0 Å². The van der Waals surface area contributed by atoms with E-state index in [1.807, 2.05) is 7.11 Å². The molecule has 1 heterocycles. The Hall–Kier alpha value is 0.137. The summed E-state index contributed by atoms with van der Waals surface area (Å²) in [7, 11) is 0.967. The Balaban J connectivity index is 2.24. The minimum atomic E-state index is -0.874. The Morgan fingerprint density at radius 2 is 2.30 bits per heavy atom. The van der Waals surface area contributed by atoms with E-state index in [-0.39, 0.29) is 0 Å². The monoisotopic (exact) mass is 159 g/mol. The van der Waals surface area contributed by atoms with Crippen LogP contribution in [0.1, 0.15) is 19.3 Å². The van der Waals surface area contributed by atoms with Gasteiger partial charge in [-0.25, -0.2) is 0 Å². The molecule has 0 spiro atoms. The maximum absolute atomic E-state index is 5.37. The maximum Gasteiger partial charge on any atom is 0.189 e. The Kier molecular flexibility index (Phi) is 3.38. The quantitative estimate of drug-likeness (QED) is 0.598. The second-order valence-corrected chi connectivity index (χ2v) is 5.68. The molecular weight excluding hydrogens is 142 g/mol. The van der Waals surface area contributed by atoms with Crippen molar-refractivity contribution in [3.05, 3.63) is 0 Å². The maximum atomic E-state index is 5.37. The van der Waals surface area contributed by atoms with Gasteiger partial charge < -0.3 is 9.74 Å². The van der Waals surface area contributed by atoms with Crippen molar-refractivity contribution in [1.29, 1.82) is 0 Å². The minimum Gasteiger partial charge on any atom is -0.422 e. The van der Waals surface area contributed by atoms with Crippen LogP contribution in [-0.4, -0.2) is 28.4 Å². The lowest BCUT2D eigenvalue weighted by molar-refractivity contribution is 0.376. The summed E-state index contributed by atoms with van der Waals surface area (Å²) in [6.45, 7) is 3.47. The lowest BCUT2D eigenvalue weighted by Gasteiger charge is -2.26. The predicted molar refractivity (Wildman–Crippen MR) is 45.7 cm³/mol. The lowest BCUT2D eigenvalue weighted by atomic mass is 10.2. The Bertz CT molecular complexity index is 93.6. The SMILES string of the molecule is CO[SiH](C)C1CCCCN1. The predicted octanol–water partition coefficient (Wildman–Crippen LogP) is 0.668. The Labute approximate surface area is 64.7 Å². The van der Waals surface area contributed by atoms with E-state index >= 15 is 0 Å². The van der Waals surface area contributed by atoms with Crippen LogP contribution in [0.25, 0.3) is 0 Å². The smallest absolute Gasteiger partial charge is 0.189 e. The molecule has 0 aromatic carbocycles. The van der Waals surface area contributed by atoms with Gasteiger partial charge in [-0.05, 0) is 25.9 Å². The molecule has 0 aliphatic carbocycles. The van der Waals surface area contributed by atoms with Crippen LogP contribution in [0.3, 0.4) is 0 Å². The zero-order valence-corrected chi connectivity index (χ0v) is 8.05. The molecule has 2 atom stereocenters. The van der Waals surface area contributed by atoms with E-state index in [2.05, 4.69) is 11.9 Å². The first-order chi connectivity index (χ1) is 4.84. The zero-order valence-electron chi connectivity index (χ0n) is 6.89. The van der Waals surface area contributed by atoms with Crippen molar-refractivity contribution in [1.82, 2.24) is 5.32 Å². The molecule has 1 fully saturated rings. The Morgan fingerprint density at radius 3 is 2.80 bits per heavy atom. The minimum absolute atomic E-state index is 0.735. The van der Waals surface area contributed by atoms with Crippen molar-refractivity contribution in [2.45, 2.75) is 31.5 Å². The van der Waals surface area contributed by atoms with Gasteiger partial charge in [-0.2, -0.15) is 0 Å². The van der Waals surface area contributed by atoms with Gasteiger partial charge in [0.1, 0.15) is 0 Å². The van der Waals surface area contributed by atoms with Gasteiger partial charge in [0.05, 0.1) is 0 Å². The number of piperidine rings is 1. The largest absolute Gasteiger partial charge is 0.422 e. The van der Waals surface area contributed by atoms with E-state index in [4.69, 9.17) is 4.43 Å². The van der Waals surface area contributed by atoms with Crippen LogP contribution in [0.15, 0.2) is 0 Å². The van der Waals surface area contributed by atoms with Gasteiger partial charge in [-0.3, -0.25) is 0 Å². The summed E-state index contributed by atoms with van der Waals surface area (Å²) in [6.07, 6.45) is 4.07. The van der Waals surface area contributed by atoms with E-state index in [1.54, 1.807) is 0 Å². The molecule has 1 aliphatic rings. The molecule has 1 N–H and O–H groups in total. The summed E-state index contributed by atoms with van der Waals surface area (Å²) in [5.74, 6) is 0. The number of hydrogen-bond donors (Lipinski definition) is 1. The van der Waals surface area contributed by atoms with Crippen LogP contribution in [0.5, 0.6) is 0 Å². The second kappa shape index (κ2) is 4.11. The van der Waals surface area contributed by atoms with Crippen LogP contribution < -0.4 is 5.32 Å². The highest BCUT2D eigenvalue weighted by Gasteiger charge is 2.20. The molecule has 2 unspecified atom stereocenters. The van der Waals surface area contributed by atoms with Gasteiger partial charge in [0, 0.05) is 12.8 Å². The summed E-state index contributed by atoms with van der Waals surface area (Å²) in [4.78, 5) is 0. The summed E-state index contributed by atoms with van der Waals surface area (Å²) < 4.78 is 5.37. The van der Waals surface area contributed by atoms with E-state index in [9.17, 15) is 0 Å². The average molecular weight is 159 g/mol. The molecule has 2 nitrogen and oxygen atoms in total. The highest BCUT2D eigenvalue weighted by Crippen LogP contribution is 2.09. The van der Waals surface area contributed by atoms with Crippen molar-refractivity contribution in [2.24, 2.45) is 0 Å². The average Bonchev–Trinajstić information content (AvgIpc) is 2.05. The van der Waals surface area contributed by atoms with Gasteiger partial charge in [-0.15, -0.1) is 0 Å². The molecular formula is C7H17NOSi. The van der Waals surface area contributed by atoms with Gasteiger partial charge in [0.25, 0.3) is 0 Å². The highest BCUT2D eigenvalue weighted by atomic mass is 28.3. The third-order valence-corrected chi connectivity index (χ3v) is 4.73. The molecule has 3 heteroatoms. The number of rotatable bonds is 2. The van der Waals surface area contributed by atoms with E-state index in [0.717, 1.165) is 5.67 Å². The van der Waals surface area contributed by atoms with E-state index in [1.165, 1.54) is 25.8 Å². The second-order valence-electron chi connectivity index (χ2n) is 3.00. The van der Waals surface area contributed by atoms with Crippen LogP contribution in [0.4, 0.5) is 0 Å². The van der Waals surface area contributed by atoms with Gasteiger partial charge in [-0.1, -0.05) is 6.42 Å². The molecule has 0 radical (unpaired) electrons. The fraction of sp³-hybridized carbons (Fsp3) is 1.00. The van der Waals surface area contributed by atoms with Crippen molar-refractivity contribution in [3.8, 4) is 0 Å².